The standard InChI is InChI=1S/C27H44O5/c1-16(6-11-25(30)31-5)21-9-10-22-20-8-7-18-14-19(32-17(2)28)12-13-26(18,3)23(20)15-24(29)27(21,22)4/h16,18-24,29H,6-15H2,1-5H3/t16-,18?,19-,20+,21-,22+,23+,24+,26+,27-/m1/s1. The number of aliphatic hydroxyl groups is 1. The molecule has 4 saturated carbocycles. The maximum Gasteiger partial charge on any atom is 0.305 e. The lowest BCUT2D eigenvalue weighted by Crippen LogP contribution is -2.59. The molecule has 5 heteroatoms. The Kier molecular flexibility index (Phi) is 6.70. The van der Waals surface area contributed by atoms with E-state index in [1.807, 2.05) is 0 Å². The fraction of sp³-hybridized carbons (Fsp3) is 0.926. The molecule has 4 aliphatic rings. The minimum atomic E-state index is -0.274. The van der Waals surface area contributed by atoms with Crippen molar-refractivity contribution >= 4 is 11.9 Å². The van der Waals surface area contributed by atoms with Crippen LogP contribution in [0.5, 0.6) is 0 Å². The lowest BCUT2D eigenvalue weighted by atomic mass is 9.43. The number of hydrogen-bond acceptors (Lipinski definition) is 5. The van der Waals surface area contributed by atoms with Crippen LogP contribution in [0.2, 0.25) is 0 Å². The Bertz CT molecular complexity index is 721. The lowest BCUT2D eigenvalue weighted by Gasteiger charge is -2.62. The van der Waals surface area contributed by atoms with Gasteiger partial charge in [0.2, 0.25) is 0 Å². The van der Waals surface area contributed by atoms with Crippen molar-refractivity contribution in [1.82, 2.24) is 0 Å². The van der Waals surface area contributed by atoms with Crippen molar-refractivity contribution in [3.8, 4) is 0 Å². The van der Waals surface area contributed by atoms with Crippen molar-refractivity contribution in [3.05, 3.63) is 0 Å². The maximum atomic E-state index is 11.7. The first kappa shape index (κ1) is 24.0. The van der Waals surface area contributed by atoms with Gasteiger partial charge < -0.3 is 14.6 Å². The maximum absolute atomic E-state index is 11.7. The Hall–Kier alpha value is -1.10. The Morgan fingerprint density at radius 3 is 2.50 bits per heavy atom. The normalized spacial score (nSPS) is 46.4. The topological polar surface area (TPSA) is 72.8 Å². The Morgan fingerprint density at radius 1 is 1.06 bits per heavy atom. The number of methoxy groups -OCH3 is 1. The minimum Gasteiger partial charge on any atom is -0.469 e. The molecule has 0 heterocycles. The van der Waals surface area contributed by atoms with Gasteiger partial charge in [0.15, 0.2) is 0 Å². The summed E-state index contributed by atoms with van der Waals surface area (Å²) in [5.74, 6) is 3.02. The molecule has 182 valence electrons. The molecule has 0 saturated heterocycles. The zero-order valence-corrected chi connectivity index (χ0v) is 20.8. The molecule has 0 aliphatic heterocycles. The van der Waals surface area contributed by atoms with Gasteiger partial charge >= 0.3 is 11.9 Å². The quantitative estimate of drug-likeness (QED) is 0.590. The molecule has 0 aromatic carbocycles. The van der Waals surface area contributed by atoms with Crippen LogP contribution in [-0.2, 0) is 19.1 Å². The van der Waals surface area contributed by atoms with Crippen LogP contribution in [0.25, 0.3) is 0 Å². The summed E-state index contributed by atoms with van der Waals surface area (Å²) in [7, 11) is 1.46. The van der Waals surface area contributed by atoms with E-state index in [2.05, 4.69) is 20.8 Å². The Morgan fingerprint density at radius 2 is 1.81 bits per heavy atom. The van der Waals surface area contributed by atoms with Crippen molar-refractivity contribution in [1.29, 1.82) is 0 Å². The monoisotopic (exact) mass is 448 g/mol. The van der Waals surface area contributed by atoms with Crippen LogP contribution in [0, 0.1) is 46.3 Å². The summed E-state index contributed by atoms with van der Waals surface area (Å²) in [5.41, 5.74) is 0.200. The number of fused-ring (bicyclic) bond motifs is 5. The molecule has 0 aromatic rings. The van der Waals surface area contributed by atoms with Gasteiger partial charge in [-0.25, -0.2) is 0 Å². The fourth-order valence-electron chi connectivity index (χ4n) is 9.13. The zero-order valence-electron chi connectivity index (χ0n) is 20.8. The fourth-order valence-corrected chi connectivity index (χ4v) is 9.13. The predicted octanol–water partition coefficient (Wildman–Crippen LogP) is 5.14. The molecule has 32 heavy (non-hydrogen) atoms. The SMILES string of the molecule is COC(=O)CC[C@@H](C)[C@H]1CC[C@H]2[C@@H]3CCC4C[C@H](OC(C)=O)CC[C@]4(C)[C@H]3C[C@H](O)[C@]12C. The van der Waals surface area contributed by atoms with Gasteiger partial charge in [0.25, 0.3) is 0 Å². The van der Waals surface area contributed by atoms with Crippen LogP contribution in [0.4, 0.5) is 0 Å². The van der Waals surface area contributed by atoms with Gasteiger partial charge in [-0.05, 0) is 104 Å². The Labute approximate surface area is 194 Å². The smallest absolute Gasteiger partial charge is 0.305 e. The largest absolute Gasteiger partial charge is 0.469 e. The van der Waals surface area contributed by atoms with E-state index >= 15 is 0 Å². The molecular weight excluding hydrogens is 404 g/mol. The summed E-state index contributed by atoms with van der Waals surface area (Å²) in [5, 5.41) is 11.6. The highest BCUT2D eigenvalue weighted by Crippen LogP contribution is 2.68. The lowest BCUT2D eigenvalue weighted by molar-refractivity contribution is -0.181. The molecule has 4 aliphatic carbocycles. The second-order valence-electron chi connectivity index (χ2n) is 12.1. The van der Waals surface area contributed by atoms with Crippen molar-refractivity contribution in [2.45, 2.75) is 104 Å². The molecule has 5 nitrogen and oxygen atoms in total. The second kappa shape index (κ2) is 8.92. The molecule has 1 N–H and O–H groups in total. The average Bonchev–Trinajstić information content (AvgIpc) is 3.11. The van der Waals surface area contributed by atoms with Crippen molar-refractivity contribution < 1.29 is 24.2 Å². The van der Waals surface area contributed by atoms with Gasteiger partial charge in [0, 0.05) is 13.3 Å². The first-order valence-electron chi connectivity index (χ1n) is 13.0. The molecule has 0 bridgehead atoms. The summed E-state index contributed by atoms with van der Waals surface area (Å²) >= 11 is 0. The highest BCUT2D eigenvalue weighted by atomic mass is 16.5. The van der Waals surface area contributed by atoms with Crippen molar-refractivity contribution in [3.63, 3.8) is 0 Å². The third kappa shape index (κ3) is 3.91. The third-order valence-electron chi connectivity index (χ3n) is 10.8. The minimum absolute atomic E-state index is 0.0468. The molecular formula is C27H44O5. The van der Waals surface area contributed by atoms with Gasteiger partial charge in [0.05, 0.1) is 13.2 Å². The average molecular weight is 449 g/mol. The molecule has 0 radical (unpaired) electrons. The third-order valence-corrected chi connectivity index (χ3v) is 10.8. The summed E-state index contributed by atoms with van der Waals surface area (Å²) in [4.78, 5) is 23.2. The first-order valence-corrected chi connectivity index (χ1v) is 13.0. The van der Waals surface area contributed by atoms with Crippen LogP contribution in [0.15, 0.2) is 0 Å². The van der Waals surface area contributed by atoms with E-state index in [4.69, 9.17) is 9.47 Å². The zero-order chi connectivity index (χ0) is 23.3. The number of hydrogen-bond donors (Lipinski definition) is 1. The number of ether oxygens (including phenoxy) is 2. The molecule has 4 rings (SSSR count). The molecule has 10 atom stereocenters. The molecule has 0 amide bonds. The molecule has 0 spiro atoms. The van der Waals surface area contributed by atoms with E-state index in [0.717, 1.165) is 32.1 Å². The predicted molar refractivity (Wildman–Crippen MR) is 123 cm³/mol. The van der Waals surface area contributed by atoms with E-state index in [1.165, 1.54) is 39.7 Å². The summed E-state index contributed by atoms with van der Waals surface area (Å²) in [6.45, 7) is 8.62. The second-order valence-corrected chi connectivity index (χ2v) is 12.1. The summed E-state index contributed by atoms with van der Waals surface area (Å²) < 4.78 is 10.5. The number of rotatable bonds is 5. The van der Waals surface area contributed by atoms with Gasteiger partial charge in [-0.15, -0.1) is 0 Å². The Balaban J connectivity index is 1.50. The summed E-state index contributed by atoms with van der Waals surface area (Å²) in [6.07, 6.45) is 9.92. The number of carbonyl (C=O) groups excluding carboxylic acids is 2. The van der Waals surface area contributed by atoms with Crippen LogP contribution in [-0.4, -0.2) is 36.4 Å². The molecule has 0 aromatic heterocycles. The van der Waals surface area contributed by atoms with Gasteiger partial charge in [0.1, 0.15) is 6.10 Å². The molecule has 4 fully saturated rings. The van der Waals surface area contributed by atoms with E-state index in [1.54, 1.807) is 0 Å². The van der Waals surface area contributed by atoms with Crippen LogP contribution < -0.4 is 0 Å². The molecule has 1 unspecified atom stereocenters. The first-order chi connectivity index (χ1) is 15.1. The number of carbonyl (C=O) groups is 2. The highest BCUT2D eigenvalue weighted by Gasteiger charge is 2.63. The van der Waals surface area contributed by atoms with Crippen LogP contribution in [0.1, 0.15) is 91.9 Å². The van der Waals surface area contributed by atoms with Gasteiger partial charge in [-0.2, -0.15) is 0 Å². The van der Waals surface area contributed by atoms with Gasteiger partial charge in [-0.1, -0.05) is 20.8 Å². The highest BCUT2D eigenvalue weighted by molar-refractivity contribution is 5.69. The van der Waals surface area contributed by atoms with Crippen molar-refractivity contribution in [2.24, 2.45) is 46.3 Å². The van der Waals surface area contributed by atoms with E-state index in [0.29, 0.717) is 41.9 Å². The van der Waals surface area contributed by atoms with Crippen LogP contribution >= 0.6 is 0 Å². The summed E-state index contributed by atoms with van der Waals surface area (Å²) in [6, 6.07) is 0. The van der Waals surface area contributed by atoms with E-state index in [-0.39, 0.29) is 35.0 Å². The van der Waals surface area contributed by atoms with E-state index < -0.39 is 0 Å². The van der Waals surface area contributed by atoms with E-state index in [9.17, 15) is 14.7 Å². The van der Waals surface area contributed by atoms with Crippen LogP contribution in [0.3, 0.4) is 0 Å². The number of aliphatic hydroxyl groups excluding tert-OH is 1. The number of esters is 2. The van der Waals surface area contributed by atoms with Gasteiger partial charge in [-0.3, -0.25) is 9.59 Å². The van der Waals surface area contributed by atoms with Crippen molar-refractivity contribution in [2.75, 3.05) is 7.11 Å².